The Kier molecular flexibility index (Phi) is 6.87. The van der Waals surface area contributed by atoms with Gasteiger partial charge in [-0.05, 0) is 49.7 Å². The van der Waals surface area contributed by atoms with Crippen molar-refractivity contribution in [2.24, 2.45) is 5.92 Å². The van der Waals surface area contributed by atoms with Gasteiger partial charge in [-0.3, -0.25) is 14.4 Å². The molecular weight excluding hydrogens is 409 g/mol. The number of alkyl halides is 1. The zero-order chi connectivity index (χ0) is 21.8. The normalized spacial score (nSPS) is 17.1. The molecule has 1 aliphatic rings. The molecule has 0 spiro atoms. The number of Topliss-reactive ketones (excluding diaryl/α,β-unsaturated/α-hetero) is 1. The van der Waals surface area contributed by atoms with Crippen LogP contribution in [0, 0.1) is 25.6 Å². The van der Waals surface area contributed by atoms with Crippen LogP contribution in [0.3, 0.4) is 0 Å². The summed E-state index contributed by atoms with van der Waals surface area (Å²) in [5.41, 5.74) is 3.03. The zero-order valence-corrected chi connectivity index (χ0v) is 17.6. The van der Waals surface area contributed by atoms with E-state index in [1.807, 2.05) is 32.0 Å². The lowest BCUT2D eigenvalue weighted by molar-refractivity contribution is -0.151. The van der Waals surface area contributed by atoms with E-state index >= 15 is 0 Å². The summed E-state index contributed by atoms with van der Waals surface area (Å²) in [6.45, 7) is 4.08. The second kappa shape index (κ2) is 9.39. The number of ketones is 1. The second-order valence-corrected chi connectivity index (χ2v) is 7.85. The molecule has 0 aliphatic carbocycles. The second-order valence-electron chi connectivity index (χ2n) is 7.47. The lowest BCUT2D eigenvalue weighted by Crippen LogP contribution is -2.32. The summed E-state index contributed by atoms with van der Waals surface area (Å²) in [6, 6.07) is 10.8. The van der Waals surface area contributed by atoms with Gasteiger partial charge >= 0.3 is 5.97 Å². The molecule has 0 aromatic heterocycles. The monoisotopic (exact) mass is 431 g/mol. The number of carbonyl (C=O) groups is 3. The van der Waals surface area contributed by atoms with Crippen molar-refractivity contribution >= 4 is 34.9 Å². The maximum atomic E-state index is 13.1. The van der Waals surface area contributed by atoms with Gasteiger partial charge in [-0.15, -0.1) is 11.6 Å². The van der Waals surface area contributed by atoms with Gasteiger partial charge in [-0.25, -0.2) is 4.39 Å². The maximum absolute atomic E-state index is 13.1. The van der Waals surface area contributed by atoms with Gasteiger partial charge in [0.15, 0.2) is 6.10 Å². The number of rotatable bonds is 7. The lowest BCUT2D eigenvalue weighted by Gasteiger charge is -2.20. The van der Waals surface area contributed by atoms with Gasteiger partial charge < -0.3 is 9.64 Å². The number of amides is 1. The summed E-state index contributed by atoms with van der Waals surface area (Å²) in [5, 5.41) is 0. The summed E-state index contributed by atoms with van der Waals surface area (Å²) in [4.78, 5) is 39.5. The van der Waals surface area contributed by atoms with Crippen LogP contribution in [-0.2, 0) is 14.3 Å². The Labute approximate surface area is 179 Å². The van der Waals surface area contributed by atoms with E-state index in [-0.39, 0.29) is 36.7 Å². The summed E-state index contributed by atoms with van der Waals surface area (Å²) in [6.07, 6.45) is -0.930. The van der Waals surface area contributed by atoms with Crippen LogP contribution >= 0.6 is 11.6 Å². The van der Waals surface area contributed by atoms with Crippen molar-refractivity contribution in [2.75, 3.05) is 17.3 Å². The topological polar surface area (TPSA) is 63.7 Å². The fourth-order valence-electron chi connectivity index (χ4n) is 3.59. The number of ether oxygens (including phenoxy) is 1. The Hall–Kier alpha value is -2.73. The maximum Gasteiger partial charge on any atom is 0.312 e. The molecule has 2 aromatic carbocycles. The minimum Gasteiger partial charge on any atom is -0.454 e. The van der Waals surface area contributed by atoms with Gasteiger partial charge in [0.05, 0.1) is 5.92 Å². The predicted molar refractivity (Wildman–Crippen MR) is 112 cm³/mol. The lowest BCUT2D eigenvalue weighted by atomic mass is 10.0. The van der Waals surface area contributed by atoms with E-state index in [0.29, 0.717) is 0 Å². The molecule has 0 saturated carbocycles. The first kappa shape index (κ1) is 22.0. The van der Waals surface area contributed by atoms with Gasteiger partial charge in [-0.2, -0.15) is 0 Å². The number of carbonyl (C=O) groups excluding carboxylic acids is 3. The number of benzene rings is 2. The van der Waals surface area contributed by atoms with E-state index in [9.17, 15) is 18.8 Å². The fraction of sp³-hybridized carbons (Fsp3) is 0.348. The van der Waals surface area contributed by atoms with Crippen LogP contribution in [0.15, 0.2) is 42.5 Å². The zero-order valence-electron chi connectivity index (χ0n) is 16.9. The van der Waals surface area contributed by atoms with E-state index in [1.165, 1.54) is 24.3 Å². The number of hydrogen-bond acceptors (Lipinski definition) is 4. The SMILES string of the molecule is Cc1ccc(N2C[C@@H](C(=O)O[C@@H](CCCl)C(=O)c3ccc(F)cc3)CC2=O)c(C)c1. The van der Waals surface area contributed by atoms with Crippen LogP contribution in [0.2, 0.25) is 0 Å². The predicted octanol–water partition coefficient (Wildman–Crippen LogP) is 4.22. The van der Waals surface area contributed by atoms with Crippen molar-refractivity contribution < 1.29 is 23.5 Å². The first-order chi connectivity index (χ1) is 14.3. The molecule has 0 bridgehead atoms. The van der Waals surface area contributed by atoms with Crippen molar-refractivity contribution in [3.05, 3.63) is 65.0 Å². The molecular formula is C23H23ClFNO4. The number of aryl methyl sites for hydroxylation is 2. The van der Waals surface area contributed by atoms with Crippen molar-refractivity contribution in [2.45, 2.75) is 32.8 Å². The van der Waals surface area contributed by atoms with Gasteiger partial charge in [0, 0.05) is 36.5 Å². The number of anilines is 1. The molecule has 2 aromatic rings. The Balaban J connectivity index is 1.71. The average Bonchev–Trinajstić information content (AvgIpc) is 3.09. The summed E-state index contributed by atoms with van der Waals surface area (Å²) in [7, 11) is 0. The minimum absolute atomic E-state index is 0.0183. The Bertz CT molecular complexity index is 960. The van der Waals surface area contributed by atoms with E-state index in [0.717, 1.165) is 16.8 Å². The Morgan fingerprint density at radius 3 is 2.53 bits per heavy atom. The molecule has 1 saturated heterocycles. The molecule has 2 atom stereocenters. The first-order valence-electron chi connectivity index (χ1n) is 9.74. The third-order valence-electron chi connectivity index (χ3n) is 5.15. The highest BCUT2D eigenvalue weighted by Gasteiger charge is 2.38. The summed E-state index contributed by atoms with van der Waals surface area (Å²) in [5.74, 6) is -2.24. The van der Waals surface area contributed by atoms with E-state index < -0.39 is 29.6 Å². The molecule has 3 rings (SSSR count). The number of nitrogens with zero attached hydrogens (tertiary/aromatic N) is 1. The standard InChI is InChI=1S/C23H23ClFNO4/c1-14-3-8-19(15(2)11-14)26-13-17(12-21(26)27)23(29)30-20(9-10-24)22(28)16-4-6-18(25)7-5-16/h3-8,11,17,20H,9-10,12-13H2,1-2H3/t17-,20-/m0/s1. The average molecular weight is 432 g/mol. The molecule has 5 nitrogen and oxygen atoms in total. The van der Waals surface area contributed by atoms with Crippen LogP contribution in [0.5, 0.6) is 0 Å². The highest BCUT2D eigenvalue weighted by atomic mass is 35.5. The van der Waals surface area contributed by atoms with Crippen molar-refractivity contribution in [3.63, 3.8) is 0 Å². The number of hydrogen-bond donors (Lipinski definition) is 0. The van der Waals surface area contributed by atoms with E-state index in [2.05, 4.69) is 0 Å². The smallest absolute Gasteiger partial charge is 0.312 e. The fourth-order valence-corrected chi connectivity index (χ4v) is 3.78. The molecule has 0 radical (unpaired) electrons. The molecule has 158 valence electrons. The van der Waals surface area contributed by atoms with Gasteiger partial charge in [0.1, 0.15) is 5.82 Å². The largest absolute Gasteiger partial charge is 0.454 e. The molecule has 30 heavy (non-hydrogen) atoms. The van der Waals surface area contributed by atoms with E-state index in [1.54, 1.807) is 4.90 Å². The third kappa shape index (κ3) is 4.87. The highest BCUT2D eigenvalue weighted by Crippen LogP contribution is 2.29. The molecule has 0 unspecified atom stereocenters. The molecule has 1 fully saturated rings. The first-order valence-corrected chi connectivity index (χ1v) is 10.3. The van der Waals surface area contributed by atoms with Gasteiger partial charge in [-0.1, -0.05) is 17.7 Å². The highest BCUT2D eigenvalue weighted by molar-refractivity contribution is 6.18. The van der Waals surface area contributed by atoms with Crippen molar-refractivity contribution in [1.29, 1.82) is 0 Å². The van der Waals surface area contributed by atoms with Crippen molar-refractivity contribution in [1.82, 2.24) is 0 Å². The molecule has 1 heterocycles. The molecule has 1 aliphatic heterocycles. The number of halogens is 2. The summed E-state index contributed by atoms with van der Waals surface area (Å²) >= 11 is 5.79. The molecule has 7 heteroatoms. The number of esters is 1. The third-order valence-corrected chi connectivity index (χ3v) is 5.37. The van der Waals surface area contributed by atoms with Crippen LogP contribution < -0.4 is 4.90 Å². The van der Waals surface area contributed by atoms with Crippen LogP contribution in [-0.4, -0.2) is 36.2 Å². The molecule has 1 amide bonds. The van der Waals surface area contributed by atoms with Gasteiger partial charge in [0.25, 0.3) is 0 Å². The van der Waals surface area contributed by atoms with Crippen LogP contribution in [0.1, 0.15) is 34.3 Å². The van der Waals surface area contributed by atoms with E-state index in [4.69, 9.17) is 16.3 Å². The van der Waals surface area contributed by atoms with Crippen LogP contribution in [0.4, 0.5) is 10.1 Å². The van der Waals surface area contributed by atoms with Crippen LogP contribution in [0.25, 0.3) is 0 Å². The Morgan fingerprint density at radius 2 is 1.90 bits per heavy atom. The quantitative estimate of drug-likeness (QED) is 0.374. The summed E-state index contributed by atoms with van der Waals surface area (Å²) < 4.78 is 18.6. The minimum atomic E-state index is -1.08. The van der Waals surface area contributed by atoms with Gasteiger partial charge in [0.2, 0.25) is 11.7 Å². The van der Waals surface area contributed by atoms with Crippen molar-refractivity contribution in [3.8, 4) is 0 Å². The molecule has 0 N–H and O–H groups in total. The Morgan fingerprint density at radius 1 is 1.20 bits per heavy atom.